The predicted octanol–water partition coefficient (Wildman–Crippen LogP) is 6.39. The number of hydrogen-bond acceptors (Lipinski definition) is 2. The van der Waals surface area contributed by atoms with Crippen LogP contribution in [0.2, 0.25) is 16.6 Å². The number of rotatable bonds is 12. The Morgan fingerprint density at radius 2 is 1.26 bits per heavy atom. The fourth-order valence-electron chi connectivity index (χ4n) is 4.55. The van der Waals surface area contributed by atoms with Gasteiger partial charge in [0.15, 0.2) is 0 Å². The van der Waals surface area contributed by atoms with Gasteiger partial charge < -0.3 is 9.53 Å². The molecule has 0 radical (unpaired) electrons. The molecule has 2 nitrogen and oxygen atoms in total. The van der Waals surface area contributed by atoms with Crippen LogP contribution in [-0.4, -0.2) is 26.1 Å². The predicted molar refractivity (Wildman–Crippen MR) is 105 cm³/mol. The Labute approximate surface area is 147 Å². The van der Waals surface area contributed by atoms with Gasteiger partial charge in [-0.25, -0.2) is 0 Å². The van der Waals surface area contributed by atoms with E-state index in [4.69, 9.17) is 4.43 Å². The molecule has 0 aromatic carbocycles. The number of hydrogen-bond donors (Lipinski definition) is 1. The van der Waals surface area contributed by atoms with Crippen LogP contribution in [0.4, 0.5) is 0 Å². The van der Waals surface area contributed by atoms with Crippen LogP contribution >= 0.6 is 0 Å². The van der Waals surface area contributed by atoms with E-state index < -0.39 is 8.32 Å². The molecule has 0 aliphatic carbocycles. The van der Waals surface area contributed by atoms with Crippen molar-refractivity contribution >= 4 is 8.32 Å². The molecule has 0 bridgehead atoms. The summed E-state index contributed by atoms with van der Waals surface area (Å²) in [6.45, 7) is 21.2. The van der Waals surface area contributed by atoms with E-state index in [0.717, 1.165) is 12.8 Å². The first-order valence-electron chi connectivity index (χ1n) is 9.90. The topological polar surface area (TPSA) is 29.5 Å². The molecule has 0 aliphatic heterocycles. The maximum absolute atomic E-state index is 9.30. The fraction of sp³-hybridized carbons (Fsp3) is 1.00. The first-order valence-corrected chi connectivity index (χ1v) is 12.0. The van der Waals surface area contributed by atoms with Gasteiger partial charge in [0.2, 0.25) is 8.32 Å². The van der Waals surface area contributed by atoms with Crippen molar-refractivity contribution in [3.63, 3.8) is 0 Å². The zero-order valence-electron chi connectivity index (χ0n) is 17.4. The fourth-order valence-corrected chi connectivity index (χ4v) is 10.2. The van der Waals surface area contributed by atoms with Crippen molar-refractivity contribution in [1.29, 1.82) is 0 Å². The van der Waals surface area contributed by atoms with Crippen LogP contribution in [0.3, 0.4) is 0 Å². The maximum atomic E-state index is 9.30. The summed E-state index contributed by atoms with van der Waals surface area (Å²) in [5, 5.41) is 9.30. The summed E-state index contributed by atoms with van der Waals surface area (Å²) in [6, 6.07) is 0. The van der Waals surface area contributed by atoms with E-state index in [9.17, 15) is 5.11 Å². The molecule has 140 valence electrons. The van der Waals surface area contributed by atoms with Crippen LogP contribution in [0.5, 0.6) is 0 Å². The van der Waals surface area contributed by atoms with Crippen LogP contribution in [0.25, 0.3) is 0 Å². The Balaban J connectivity index is 5.13. The van der Waals surface area contributed by atoms with E-state index >= 15 is 0 Å². The SMILES string of the molecule is CCC[C@@H](C[C@H](C)C[C@@H](C)CO)O[Si](C(C)C)(C(C)C)C(C)C. The zero-order valence-corrected chi connectivity index (χ0v) is 18.4. The molecule has 0 saturated carbocycles. The Kier molecular flexibility index (Phi) is 11.0. The average molecular weight is 345 g/mol. The van der Waals surface area contributed by atoms with Crippen molar-refractivity contribution in [2.75, 3.05) is 6.61 Å². The third kappa shape index (κ3) is 6.87. The van der Waals surface area contributed by atoms with Crippen molar-refractivity contribution in [2.24, 2.45) is 11.8 Å². The molecule has 3 atom stereocenters. The van der Waals surface area contributed by atoms with E-state index in [-0.39, 0.29) is 0 Å². The molecule has 1 N–H and O–H groups in total. The highest BCUT2D eigenvalue weighted by molar-refractivity contribution is 6.77. The second-order valence-corrected chi connectivity index (χ2v) is 14.1. The van der Waals surface area contributed by atoms with Crippen molar-refractivity contribution in [3.8, 4) is 0 Å². The van der Waals surface area contributed by atoms with Gasteiger partial charge in [-0.1, -0.05) is 68.7 Å². The lowest BCUT2D eigenvalue weighted by atomic mass is 9.92. The van der Waals surface area contributed by atoms with Gasteiger partial charge >= 0.3 is 0 Å². The highest BCUT2D eigenvalue weighted by Crippen LogP contribution is 2.44. The number of aliphatic hydroxyl groups excluding tert-OH is 1. The summed E-state index contributed by atoms with van der Waals surface area (Å²) in [6.07, 6.45) is 4.98. The first-order chi connectivity index (χ1) is 10.6. The van der Waals surface area contributed by atoms with Gasteiger partial charge in [0, 0.05) is 12.7 Å². The highest BCUT2D eigenvalue weighted by atomic mass is 28.4. The smallest absolute Gasteiger partial charge is 0.200 e. The number of aliphatic hydroxyl groups is 1. The third-order valence-corrected chi connectivity index (χ3v) is 11.6. The minimum absolute atomic E-state index is 0.298. The second-order valence-electron chi connectivity index (χ2n) is 8.71. The summed E-state index contributed by atoms with van der Waals surface area (Å²) < 4.78 is 7.03. The molecule has 0 unspecified atom stereocenters. The van der Waals surface area contributed by atoms with Gasteiger partial charge in [0.1, 0.15) is 0 Å². The minimum atomic E-state index is -1.79. The molecule has 0 aromatic rings. The normalized spacial score (nSPS) is 17.1. The van der Waals surface area contributed by atoms with Gasteiger partial charge in [0.05, 0.1) is 0 Å². The average Bonchev–Trinajstić information content (AvgIpc) is 2.43. The van der Waals surface area contributed by atoms with E-state index in [1.54, 1.807) is 0 Å². The summed E-state index contributed by atoms with van der Waals surface area (Å²) in [5.74, 6) is 1.02. The highest BCUT2D eigenvalue weighted by Gasteiger charge is 2.46. The molecule has 0 aromatic heterocycles. The van der Waals surface area contributed by atoms with Gasteiger partial charge in [-0.15, -0.1) is 0 Å². The standard InChI is InChI=1S/C20H44O2Si/c1-10-11-20(13-18(8)12-19(9)14-21)22-23(15(2)3,16(4)5)17(6)7/h15-21H,10-14H2,1-9H3/t18-,19-,20+/m1/s1. The van der Waals surface area contributed by atoms with Crippen LogP contribution in [0, 0.1) is 11.8 Å². The largest absolute Gasteiger partial charge is 0.413 e. The van der Waals surface area contributed by atoms with E-state index in [1.165, 1.54) is 12.8 Å². The summed E-state index contributed by atoms with van der Waals surface area (Å²) in [7, 11) is -1.79. The lowest BCUT2D eigenvalue weighted by Gasteiger charge is -2.45. The molecule has 3 heteroatoms. The molecular weight excluding hydrogens is 300 g/mol. The summed E-state index contributed by atoms with van der Waals surface area (Å²) >= 11 is 0. The molecule has 0 heterocycles. The van der Waals surface area contributed by atoms with Crippen molar-refractivity contribution < 1.29 is 9.53 Å². The zero-order chi connectivity index (χ0) is 18.2. The lowest BCUT2D eigenvalue weighted by Crippen LogP contribution is -2.50. The van der Waals surface area contributed by atoms with Gasteiger partial charge in [0.25, 0.3) is 0 Å². The Morgan fingerprint density at radius 1 is 0.783 bits per heavy atom. The second kappa shape index (κ2) is 10.9. The van der Waals surface area contributed by atoms with Crippen LogP contribution in [0.1, 0.15) is 88.0 Å². The van der Waals surface area contributed by atoms with Crippen LogP contribution in [0.15, 0.2) is 0 Å². The Bertz CT molecular complexity index is 280. The van der Waals surface area contributed by atoms with E-state index in [1.807, 2.05) is 0 Å². The van der Waals surface area contributed by atoms with Crippen LogP contribution < -0.4 is 0 Å². The van der Waals surface area contributed by atoms with Gasteiger partial charge in [-0.05, 0) is 47.7 Å². The summed E-state index contributed by atoms with van der Waals surface area (Å²) in [5.41, 5.74) is 1.94. The molecular formula is C20H44O2Si. The van der Waals surface area contributed by atoms with Gasteiger partial charge in [-0.3, -0.25) is 0 Å². The van der Waals surface area contributed by atoms with Crippen molar-refractivity contribution in [2.45, 2.75) is 111 Å². The van der Waals surface area contributed by atoms with E-state index in [0.29, 0.717) is 41.2 Å². The maximum Gasteiger partial charge on any atom is 0.200 e. The molecule has 0 spiro atoms. The quantitative estimate of drug-likeness (QED) is 0.415. The van der Waals surface area contributed by atoms with Gasteiger partial charge in [-0.2, -0.15) is 0 Å². The summed E-state index contributed by atoms with van der Waals surface area (Å²) in [4.78, 5) is 0. The molecule has 0 rings (SSSR count). The van der Waals surface area contributed by atoms with Crippen molar-refractivity contribution in [1.82, 2.24) is 0 Å². The Hall–Kier alpha value is 0.137. The van der Waals surface area contributed by atoms with Crippen LogP contribution in [-0.2, 0) is 4.43 Å². The lowest BCUT2D eigenvalue weighted by molar-refractivity contribution is 0.125. The molecule has 0 amide bonds. The Morgan fingerprint density at radius 3 is 1.61 bits per heavy atom. The molecule has 23 heavy (non-hydrogen) atoms. The first kappa shape index (κ1) is 23.1. The third-order valence-electron chi connectivity index (χ3n) is 5.47. The monoisotopic (exact) mass is 344 g/mol. The molecule has 0 saturated heterocycles. The molecule has 0 fully saturated rings. The molecule has 0 aliphatic rings. The van der Waals surface area contributed by atoms with Crippen molar-refractivity contribution in [3.05, 3.63) is 0 Å². The van der Waals surface area contributed by atoms with E-state index in [2.05, 4.69) is 62.3 Å². The minimum Gasteiger partial charge on any atom is -0.413 e.